The molecule has 0 saturated heterocycles. The van der Waals surface area contributed by atoms with Crippen LogP contribution in [0.25, 0.3) is 0 Å². The Morgan fingerprint density at radius 2 is 2.14 bits per heavy atom. The quantitative estimate of drug-likeness (QED) is 0.557. The van der Waals surface area contributed by atoms with Crippen LogP contribution in [-0.4, -0.2) is 27.7 Å². The third-order valence-electron chi connectivity index (χ3n) is 2.45. The molecule has 0 radical (unpaired) electrons. The van der Waals surface area contributed by atoms with Crippen LogP contribution in [0.4, 0.5) is 5.69 Å². The molecule has 1 amide bonds. The zero-order chi connectivity index (χ0) is 15.4. The van der Waals surface area contributed by atoms with Crippen LogP contribution >= 0.6 is 45.7 Å². The first kappa shape index (κ1) is 16.2. The summed E-state index contributed by atoms with van der Waals surface area (Å²) in [5.41, 5.74) is 1.25. The SMILES string of the molecule is Cc1nc(SCC(=O)Nc2ccccc2I)sc1C(=O)O. The molecule has 1 aromatic carbocycles. The van der Waals surface area contributed by atoms with Gasteiger partial charge in [-0.05, 0) is 41.6 Å². The second kappa shape index (κ2) is 7.23. The van der Waals surface area contributed by atoms with E-state index in [4.69, 9.17) is 5.11 Å². The van der Waals surface area contributed by atoms with Crippen LogP contribution in [0.2, 0.25) is 0 Å². The Morgan fingerprint density at radius 1 is 1.43 bits per heavy atom. The Labute approximate surface area is 143 Å². The predicted octanol–water partition coefficient (Wildman–Crippen LogP) is 3.49. The van der Waals surface area contributed by atoms with E-state index in [1.165, 1.54) is 11.8 Å². The lowest BCUT2D eigenvalue weighted by Crippen LogP contribution is -2.14. The minimum absolute atomic E-state index is 0.145. The van der Waals surface area contributed by atoms with E-state index in [2.05, 4.69) is 32.9 Å². The predicted molar refractivity (Wildman–Crippen MR) is 92.3 cm³/mol. The van der Waals surface area contributed by atoms with Gasteiger partial charge in [0.25, 0.3) is 0 Å². The summed E-state index contributed by atoms with van der Waals surface area (Å²) in [7, 11) is 0. The minimum atomic E-state index is -0.986. The van der Waals surface area contributed by atoms with Crippen molar-refractivity contribution in [3.63, 3.8) is 0 Å². The Bertz CT molecular complexity index is 688. The number of hydrogen-bond donors (Lipinski definition) is 2. The van der Waals surface area contributed by atoms with Crippen molar-refractivity contribution in [2.24, 2.45) is 0 Å². The monoisotopic (exact) mass is 434 g/mol. The molecule has 2 rings (SSSR count). The van der Waals surface area contributed by atoms with Crippen LogP contribution in [0.15, 0.2) is 28.6 Å². The molecule has 5 nitrogen and oxygen atoms in total. The Morgan fingerprint density at radius 3 is 2.76 bits per heavy atom. The van der Waals surface area contributed by atoms with E-state index >= 15 is 0 Å². The van der Waals surface area contributed by atoms with E-state index in [1.54, 1.807) is 6.92 Å². The number of thiazole rings is 1. The number of hydrogen-bond acceptors (Lipinski definition) is 5. The van der Waals surface area contributed by atoms with Crippen molar-refractivity contribution in [2.45, 2.75) is 11.3 Å². The standard InChI is InChI=1S/C13H11IN2O3S2/c1-7-11(12(18)19)21-13(15-7)20-6-10(17)16-9-5-3-2-4-8(9)14/h2-5H,6H2,1H3,(H,16,17)(H,18,19). The molecule has 1 aromatic heterocycles. The molecule has 0 fully saturated rings. The number of para-hydroxylation sites is 1. The zero-order valence-electron chi connectivity index (χ0n) is 10.9. The average Bonchev–Trinajstić information content (AvgIpc) is 2.80. The summed E-state index contributed by atoms with van der Waals surface area (Å²) in [6.45, 7) is 1.65. The lowest BCUT2D eigenvalue weighted by Gasteiger charge is -2.05. The molecule has 2 N–H and O–H groups in total. The maximum atomic E-state index is 11.9. The van der Waals surface area contributed by atoms with Crippen LogP contribution in [0, 0.1) is 10.5 Å². The molecule has 0 unspecified atom stereocenters. The number of aromatic carboxylic acids is 1. The van der Waals surface area contributed by atoms with E-state index in [0.29, 0.717) is 10.0 Å². The largest absolute Gasteiger partial charge is 0.477 e. The first-order valence-corrected chi connectivity index (χ1v) is 8.73. The Hall–Kier alpha value is -1.13. The van der Waals surface area contributed by atoms with Gasteiger partial charge in [-0.25, -0.2) is 9.78 Å². The van der Waals surface area contributed by atoms with Gasteiger partial charge in [0.2, 0.25) is 5.91 Å². The van der Waals surface area contributed by atoms with Crippen LogP contribution in [-0.2, 0) is 4.79 Å². The smallest absolute Gasteiger partial charge is 0.347 e. The number of nitrogens with one attached hydrogen (secondary N) is 1. The number of aromatic nitrogens is 1. The summed E-state index contributed by atoms with van der Waals surface area (Å²) >= 11 is 4.48. The number of anilines is 1. The first-order valence-electron chi connectivity index (χ1n) is 5.85. The summed E-state index contributed by atoms with van der Waals surface area (Å²) in [6, 6.07) is 7.50. The van der Waals surface area contributed by atoms with Crippen LogP contribution in [0.3, 0.4) is 0 Å². The molecule has 0 saturated carbocycles. The molecule has 21 heavy (non-hydrogen) atoms. The Kier molecular flexibility index (Phi) is 5.59. The molecule has 8 heteroatoms. The number of nitrogens with zero attached hydrogens (tertiary/aromatic N) is 1. The van der Waals surface area contributed by atoms with Crippen LogP contribution in [0.5, 0.6) is 0 Å². The highest BCUT2D eigenvalue weighted by molar-refractivity contribution is 14.1. The van der Waals surface area contributed by atoms with Gasteiger partial charge >= 0.3 is 5.97 Å². The van der Waals surface area contributed by atoms with E-state index in [0.717, 1.165) is 20.6 Å². The van der Waals surface area contributed by atoms with E-state index in [-0.39, 0.29) is 16.5 Å². The molecular formula is C13H11IN2O3S2. The lowest BCUT2D eigenvalue weighted by atomic mass is 10.3. The molecule has 0 aliphatic carbocycles. The fourth-order valence-corrected chi connectivity index (χ4v) is 3.86. The summed E-state index contributed by atoms with van der Waals surface area (Å²) in [4.78, 5) is 27.2. The van der Waals surface area contributed by atoms with Crippen molar-refractivity contribution in [1.82, 2.24) is 4.98 Å². The number of carboxylic acid groups (broad SMARTS) is 1. The molecular weight excluding hydrogens is 423 g/mol. The molecule has 0 aliphatic heterocycles. The van der Waals surface area contributed by atoms with E-state index in [9.17, 15) is 9.59 Å². The molecule has 0 aliphatic rings. The number of aryl methyl sites for hydroxylation is 1. The van der Waals surface area contributed by atoms with Crippen molar-refractivity contribution < 1.29 is 14.7 Å². The average molecular weight is 434 g/mol. The van der Waals surface area contributed by atoms with Gasteiger partial charge in [-0.1, -0.05) is 23.9 Å². The van der Waals surface area contributed by atoms with Gasteiger partial charge in [0.05, 0.1) is 17.1 Å². The summed E-state index contributed by atoms with van der Waals surface area (Å²) in [6.07, 6.45) is 0. The second-order valence-corrected chi connectivity index (χ2v) is 7.40. The first-order chi connectivity index (χ1) is 9.97. The van der Waals surface area contributed by atoms with Gasteiger partial charge < -0.3 is 10.4 Å². The molecule has 0 atom stereocenters. The third-order valence-corrected chi connectivity index (χ3v) is 5.67. The highest BCUT2D eigenvalue weighted by Gasteiger charge is 2.15. The van der Waals surface area contributed by atoms with Gasteiger partial charge in [0.15, 0.2) is 4.34 Å². The Balaban J connectivity index is 1.94. The van der Waals surface area contributed by atoms with Crippen molar-refractivity contribution in [1.29, 1.82) is 0 Å². The number of halogens is 1. The van der Waals surface area contributed by atoms with Crippen molar-refractivity contribution in [3.05, 3.63) is 38.4 Å². The summed E-state index contributed by atoms with van der Waals surface area (Å²) in [5, 5.41) is 11.8. The normalized spacial score (nSPS) is 10.4. The molecule has 0 spiro atoms. The van der Waals surface area contributed by atoms with Gasteiger partial charge in [0, 0.05) is 3.57 Å². The number of benzene rings is 1. The van der Waals surface area contributed by atoms with Crippen molar-refractivity contribution in [2.75, 3.05) is 11.1 Å². The molecule has 2 aromatic rings. The molecule has 0 bridgehead atoms. The number of carboxylic acids is 1. The van der Waals surface area contributed by atoms with Gasteiger partial charge in [-0.3, -0.25) is 4.79 Å². The number of rotatable bonds is 5. The highest BCUT2D eigenvalue weighted by Crippen LogP contribution is 2.27. The minimum Gasteiger partial charge on any atom is -0.477 e. The van der Waals surface area contributed by atoms with Crippen molar-refractivity contribution >= 4 is 63.3 Å². The van der Waals surface area contributed by atoms with Crippen LogP contribution < -0.4 is 5.32 Å². The van der Waals surface area contributed by atoms with Crippen molar-refractivity contribution in [3.8, 4) is 0 Å². The summed E-state index contributed by atoms with van der Waals surface area (Å²) < 4.78 is 1.55. The number of thioether (sulfide) groups is 1. The fraction of sp³-hybridized carbons (Fsp3) is 0.154. The molecule has 110 valence electrons. The van der Waals surface area contributed by atoms with E-state index < -0.39 is 5.97 Å². The van der Waals surface area contributed by atoms with Crippen LogP contribution in [0.1, 0.15) is 15.4 Å². The van der Waals surface area contributed by atoms with Gasteiger partial charge in [-0.2, -0.15) is 0 Å². The van der Waals surface area contributed by atoms with Gasteiger partial charge in [-0.15, -0.1) is 11.3 Å². The zero-order valence-corrected chi connectivity index (χ0v) is 14.7. The number of carbonyl (C=O) groups excluding carboxylic acids is 1. The third kappa shape index (κ3) is 4.42. The topological polar surface area (TPSA) is 79.3 Å². The maximum absolute atomic E-state index is 11.9. The van der Waals surface area contributed by atoms with E-state index in [1.807, 2.05) is 24.3 Å². The highest BCUT2D eigenvalue weighted by atomic mass is 127. The number of amides is 1. The number of carbonyl (C=O) groups is 2. The molecule has 1 heterocycles. The fourth-order valence-electron chi connectivity index (χ4n) is 1.51. The van der Waals surface area contributed by atoms with Gasteiger partial charge in [0.1, 0.15) is 4.88 Å². The lowest BCUT2D eigenvalue weighted by molar-refractivity contribution is -0.113. The second-order valence-electron chi connectivity index (χ2n) is 4.02. The summed E-state index contributed by atoms with van der Waals surface area (Å²) in [5.74, 6) is -0.939. The maximum Gasteiger partial charge on any atom is 0.347 e.